The Labute approximate surface area is 82.6 Å². The Hall–Kier alpha value is 0.240. The second-order valence-corrected chi connectivity index (χ2v) is 3.31. The van der Waals surface area contributed by atoms with Crippen molar-refractivity contribution in [3.8, 4) is 0 Å². The molecular formula is C5H4F7I. The van der Waals surface area contributed by atoms with Gasteiger partial charge in [0.2, 0.25) is 0 Å². The molecule has 0 spiro atoms. The smallest absolute Gasteiger partial charge is 0.224 e. The first-order chi connectivity index (χ1) is 5.56. The summed E-state index contributed by atoms with van der Waals surface area (Å²) in [6, 6.07) is 0. The molecule has 0 saturated heterocycles. The Kier molecular flexibility index (Phi) is 3.84. The monoisotopic (exact) mass is 324 g/mol. The second-order valence-electron chi connectivity index (χ2n) is 2.24. The molecule has 0 fully saturated rings. The zero-order valence-electron chi connectivity index (χ0n) is 5.94. The molecule has 0 aromatic heterocycles. The predicted molar refractivity (Wildman–Crippen MR) is 39.5 cm³/mol. The van der Waals surface area contributed by atoms with E-state index in [9.17, 15) is 30.7 Å². The van der Waals surface area contributed by atoms with Gasteiger partial charge in [-0.15, -0.1) is 0 Å². The normalized spacial score (nSPS) is 14.8. The summed E-state index contributed by atoms with van der Waals surface area (Å²) in [6.45, 7) is 0. The zero-order chi connectivity index (χ0) is 10.9. The lowest BCUT2D eigenvalue weighted by atomic mass is 10.0. The van der Waals surface area contributed by atoms with Crippen molar-refractivity contribution in [2.45, 2.75) is 24.4 Å². The fourth-order valence-corrected chi connectivity index (χ4v) is 1.32. The highest BCUT2D eigenvalue weighted by Gasteiger charge is 2.71. The third-order valence-corrected chi connectivity index (χ3v) is 1.88. The molecule has 8 heteroatoms. The highest BCUT2D eigenvalue weighted by Crippen LogP contribution is 2.48. The zero-order valence-corrected chi connectivity index (χ0v) is 8.10. The standard InChI is InChI=1S/C5H4F7I/c6-3(1-2-13,4(7,8)9)5(10,11)12/h1-2H2. The van der Waals surface area contributed by atoms with E-state index >= 15 is 0 Å². The van der Waals surface area contributed by atoms with Crippen molar-refractivity contribution in [2.24, 2.45) is 0 Å². The van der Waals surface area contributed by atoms with Gasteiger partial charge in [-0.25, -0.2) is 4.39 Å². The van der Waals surface area contributed by atoms with Gasteiger partial charge >= 0.3 is 12.4 Å². The summed E-state index contributed by atoms with van der Waals surface area (Å²) in [4.78, 5) is 0. The fourth-order valence-electron chi connectivity index (χ4n) is 0.574. The van der Waals surface area contributed by atoms with E-state index in [1.807, 2.05) is 0 Å². The summed E-state index contributed by atoms with van der Waals surface area (Å²) in [6.07, 6.45) is -13.4. The highest BCUT2D eigenvalue weighted by atomic mass is 127. The first-order valence-corrected chi connectivity index (χ1v) is 4.47. The summed E-state index contributed by atoms with van der Waals surface area (Å²) >= 11 is 1.25. The molecule has 0 N–H and O–H groups in total. The van der Waals surface area contributed by atoms with Gasteiger partial charge in [-0.2, -0.15) is 26.3 Å². The molecule has 13 heavy (non-hydrogen) atoms. The number of hydrogen-bond acceptors (Lipinski definition) is 0. The van der Waals surface area contributed by atoms with Crippen LogP contribution in [0.4, 0.5) is 30.7 Å². The molecule has 0 amide bonds. The molecule has 0 aliphatic rings. The van der Waals surface area contributed by atoms with Gasteiger partial charge in [-0.1, -0.05) is 22.6 Å². The van der Waals surface area contributed by atoms with Crippen LogP contribution in [0.15, 0.2) is 0 Å². The molecule has 0 saturated carbocycles. The number of alkyl halides is 8. The van der Waals surface area contributed by atoms with Crippen molar-refractivity contribution in [3.05, 3.63) is 0 Å². The fraction of sp³-hybridized carbons (Fsp3) is 1.00. The minimum absolute atomic E-state index is 0.562. The minimum Gasteiger partial charge on any atom is -0.224 e. The SMILES string of the molecule is FC(F)(F)C(F)(CCI)C(F)(F)F. The lowest BCUT2D eigenvalue weighted by Crippen LogP contribution is -2.53. The third kappa shape index (κ3) is 2.59. The van der Waals surface area contributed by atoms with Gasteiger partial charge in [0.1, 0.15) is 0 Å². The van der Waals surface area contributed by atoms with Gasteiger partial charge in [0, 0.05) is 10.8 Å². The van der Waals surface area contributed by atoms with E-state index in [0.717, 1.165) is 0 Å². The first-order valence-electron chi connectivity index (χ1n) is 2.94. The summed E-state index contributed by atoms with van der Waals surface area (Å²) in [5.41, 5.74) is -5.08. The van der Waals surface area contributed by atoms with Crippen LogP contribution in [0, 0.1) is 0 Å². The maximum absolute atomic E-state index is 12.6. The Morgan fingerprint density at radius 3 is 1.15 bits per heavy atom. The van der Waals surface area contributed by atoms with Crippen molar-refractivity contribution in [1.29, 1.82) is 0 Å². The van der Waals surface area contributed by atoms with E-state index in [1.54, 1.807) is 0 Å². The van der Waals surface area contributed by atoms with Crippen LogP contribution in [0.5, 0.6) is 0 Å². The molecule has 0 nitrogen and oxygen atoms in total. The Morgan fingerprint density at radius 2 is 1.08 bits per heavy atom. The summed E-state index contributed by atoms with van der Waals surface area (Å²) < 4.78 is 82.1. The third-order valence-electron chi connectivity index (χ3n) is 1.34. The lowest BCUT2D eigenvalue weighted by Gasteiger charge is -2.29. The number of halogens is 8. The van der Waals surface area contributed by atoms with Crippen LogP contribution in [0.1, 0.15) is 6.42 Å². The molecule has 0 aromatic carbocycles. The molecule has 80 valence electrons. The van der Waals surface area contributed by atoms with Crippen molar-refractivity contribution in [1.82, 2.24) is 0 Å². The Morgan fingerprint density at radius 1 is 0.769 bits per heavy atom. The molecule has 0 aliphatic heterocycles. The van der Waals surface area contributed by atoms with E-state index in [0.29, 0.717) is 0 Å². The second kappa shape index (κ2) is 3.77. The van der Waals surface area contributed by atoms with Gasteiger partial charge < -0.3 is 0 Å². The van der Waals surface area contributed by atoms with Crippen molar-refractivity contribution in [3.63, 3.8) is 0 Å². The molecule has 0 rings (SSSR count). The molecule has 0 unspecified atom stereocenters. The number of rotatable bonds is 2. The molecular weight excluding hydrogens is 320 g/mol. The summed E-state index contributed by atoms with van der Waals surface area (Å²) in [7, 11) is 0. The molecule has 0 bridgehead atoms. The van der Waals surface area contributed by atoms with Crippen molar-refractivity contribution >= 4 is 22.6 Å². The maximum atomic E-state index is 12.6. The van der Waals surface area contributed by atoms with Crippen LogP contribution >= 0.6 is 22.6 Å². The van der Waals surface area contributed by atoms with E-state index in [-0.39, 0.29) is 0 Å². The largest absolute Gasteiger partial charge is 0.431 e. The van der Waals surface area contributed by atoms with E-state index < -0.39 is 28.9 Å². The van der Waals surface area contributed by atoms with Gasteiger partial charge in [-0.05, 0) is 0 Å². The maximum Gasteiger partial charge on any atom is 0.431 e. The van der Waals surface area contributed by atoms with Crippen molar-refractivity contribution in [2.75, 3.05) is 4.43 Å². The van der Waals surface area contributed by atoms with Gasteiger partial charge in [0.05, 0.1) is 0 Å². The van der Waals surface area contributed by atoms with E-state index in [1.165, 1.54) is 22.6 Å². The molecule has 0 aromatic rings. The first kappa shape index (κ1) is 13.2. The average molecular weight is 324 g/mol. The molecule has 0 aliphatic carbocycles. The molecule has 0 radical (unpaired) electrons. The molecule has 0 heterocycles. The summed E-state index contributed by atoms with van der Waals surface area (Å²) in [5, 5.41) is 0. The highest BCUT2D eigenvalue weighted by molar-refractivity contribution is 14.1. The van der Waals surface area contributed by atoms with Crippen LogP contribution in [-0.2, 0) is 0 Å². The van der Waals surface area contributed by atoms with Gasteiger partial charge in [0.25, 0.3) is 5.67 Å². The van der Waals surface area contributed by atoms with Crippen LogP contribution in [0.2, 0.25) is 0 Å². The van der Waals surface area contributed by atoms with Gasteiger partial charge in [-0.3, -0.25) is 0 Å². The van der Waals surface area contributed by atoms with Crippen LogP contribution in [0.25, 0.3) is 0 Å². The van der Waals surface area contributed by atoms with E-state index in [4.69, 9.17) is 0 Å². The quantitative estimate of drug-likeness (QED) is 0.413. The lowest BCUT2D eigenvalue weighted by molar-refractivity contribution is -0.341. The summed E-state index contributed by atoms with van der Waals surface area (Å²) in [5.74, 6) is 0. The Balaban J connectivity index is 4.96. The molecule has 0 atom stereocenters. The van der Waals surface area contributed by atoms with Crippen LogP contribution in [0.3, 0.4) is 0 Å². The van der Waals surface area contributed by atoms with Crippen LogP contribution < -0.4 is 0 Å². The van der Waals surface area contributed by atoms with Gasteiger partial charge in [0.15, 0.2) is 0 Å². The topological polar surface area (TPSA) is 0 Å². The minimum atomic E-state index is -5.91. The number of hydrogen-bond donors (Lipinski definition) is 0. The average Bonchev–Trinajstić information content (AvgIpc) is 1.82. The van der Waals surface area contributed by atoms with E-state index in [2.05, 4.69) is 0 Å². The Bertz CT molecular complexity index is 155. The predicted octanol–water partition coefficient (Wildman–Crippen LogP) is 3.64. The van der Waals surface area contributed by atoms with Crippen LogP contribution in [-0.4, -0.2) is 22.4 Å². The van der Waals surface area contributed by atoms with Crippen molar-refractivity contribution < 1.29 is 30.7 Å².